The van der Waals surface area contributed by atoms with Gasteiger partial charge in [0, 0.05) is 11.6 Å². The van der Waals surface area contributed by atoms with Gasteiger partial charge in [-0.3, -0.25) is 0 Å². The summed E-state index contributed by atoms with van der Waals surface area (Å²) in [6, 6.07) is 13.7. The highest BCUT2D eigenvalue weighted by Gasteiger charge is 2.11. The number of benzene rings is 2. The molecule has 0 amide bonds. The van der Waals surface area contributed by atoms with Gasteiger partial charge in [0.1, 0.15) is 5.75 Å². The maximum atomic E-state index is 13.5. The Bertz CT molecular complexity index is 527. The van der Waals surface area contributed by atoms with Gasteiger partial charge >= 0.3 is 0 Å². The molecular formula is C15H16FNO. The molecular weight excluding hydrogens is 229 g/mol. The molecule has 0 fully saturated rings. The van der Waals surface area contributed by atoms with E-state index < -0.39 is 0 Å². The zero-order valence-corrected chi connectivity index (χ0v) is 10.3. The molecule has 0 saturated heterocycles. The zero-order chi connectivity index (χ0) is 13.0. The van der Waals surface area contributed by atoms with Crippen LogP contribution in [0.3, 0.4) is 0 Å². The van der Waals surface area contributed by atoms with Crippen molar-refractivity contribution in [3.8, 4) is 11.5 Å². The van der Waals surface area contributed by atoms with Gasteiger partial charge in [0.05, 0.1) is 0 Å². The average Bonchev–Trinajstić information content (AvgIpc) is 2.41. The van der Waals surface area contributed by atoms with Crippen molar-refractivity contribution >= 4 is 0 Å². The minimum absolute atomic E-state index is 0.104. The molecule has 0 bridgehead atoms. The molecule has 0 aliphatic carbocycles. The number of rotatable bonds is 4. The largest absolute Gasteiger partial charge is 0.454 e. The van der Waals surface area contributed by atoms with E-state index in [0.29, 0.717) is 5.75 Å². The quantitative estimate of drug-likeness (QED) is 0.882. The van der Waals surface area contributed by atoms with E-state index in [1.165, 1.54) is 6.07 Å². The van der Waals surface area contributed by atoms with Crippen LogP contribution in [0.15, 0.2) is 48.5 Å². The summed E-state index contributed by atoms with van der Waals surface area (Å²) in [6.45, 7) is 2.00. The van der Waals surface area contributed by atoms with Crippen LogP contribution < -0.4 is 10.5 Å². The van der Waals surface area contributed by atoms with Crippen molar-refractivity contribution in [2.24, 2.45) is 5.73 Å². The summed E-state index contributed by atoms with van der Waals surface area (Å²) in [5.41, 5.74) is 6.90. The molecule has 2 aromatic rings. The van der Waals surface area contributed by atoms with Crippen LogP contribution in [-0.2, 0) is 0 Å². The Balaban J connectivity index is 2.32. The molecule has 2 N–H and O–H groups in total. The summed E-state index contributed by atoms with van der Waals surface area (Å²) in [7, 11) is 0. The molecule has 0 heterocycles. The Morgan fingerprint density at radius 3 is 2.33 bits per heavy atom. The fraction of sp³-hybridized carbons (Fsp3) is 0.200. The van der Waals surface area contributed by atoms with Crippen molar-refractivity contribution in [2.75, 3.05) is 0 Å². The summed E-state index contributed by atoms with van der Waals surface area (Å²) >= 11 is 0. The lowest BCUT2D eigenvalue weighted by atomic mass is 10.0. The molecule has 2 rings (SSSR count). The van der Waals surface area contributed by atoms with Crippen LogP contribution in [0.25, 0.3) is 0 Å². The first-order valence-electron chi connectivity index (χ1n) is 5.99. The van der Waals surface area contributed by atoms with Crippen molar-refractivity contribution < 1.29 is 9.13 Å². The number of hydrogen-bond acceptors (Lipinski definition) is 2. The Kier molecular flexibility index (Phi) is 3.95. The number of ether oxygens (including phenoxy) is 1. The number of nitrogens with two attached hydrogens (primary N) is 1. The van der Waals surface area contributed by atoms with E-state index in [0.717, 1.165) is 12.0 Å². The number of hydrogen-bond donors (Lipinski definition) is 1. The van der Waals surface area contributed by atoms with E-state index in [4.69, 9.17) is 10.5 Å². The molecule has 1 unspecified atom stereocenters. The van der Waals surface area contributed by atoms with Gasteiger partial charge in [0.2, 0.25) is 0 Å². The highest BCUT2D eigenvalue weighted by atomic mass is 19.1. The van der Waals surface area contributed by atoms with E-state index >= 15 is 0 Å². The molecule has 0 saturated carbocycles. The van der Waals surface area contributed by atoms with Gasteiger partial charge < -0.3 is 10.5 Å². The molecule has 3 heteroatoms. The minimum atomic E-state index is -0.377. The molecule has 2 aromatic carbocycles. The predicted octanol–water partition coefficient (Wildman–Crippen LogP) is 4.03. The summed E-state index contributed by atoms with van der Waals surface area (Å²) in [5.74, 6) is 0.447. The highest BCUT2D eigenvalue weighted by Crippen LogP contribution is 2.30. The molecule has 0 aliphatic rings. The average molecular weight is 245 g/mol. The molecule has 1 atom stereocenters. The number of halogens is 1. The van der Waals surface area contributed by atoms with Crippen molar-refractivity contribution in [3.05, 3.63) is 59.9 Å². The van der Waals surface area contributed by atoms with Gasteiger partial charge in [-0.1, -0.05) is 37.3 Å². The highest BCUT2D eigenvalue weighted by molar-refractivity contribution is 5.39. The second-order valence-electron chi connectivity index (χ2n) is 4.09. The molecule has 18 heavy (non-hydrogen) atoms. The lowest BCUT2D eigenvalue weighted by Gasteiger charge is -2.15. The maximum Gasteiger partial charge on any atom is 0.165 e. The minimum Gasteiger partial charge on any atom is -0.454 e. The lowest BCUT2D eigenvalue weighted by molar-refractivity contribution is 0.433. The van der Waals surface area contributed by atoms with Crippen LogP contribution in [0, 0.1) is 5.82 Å². The normalized spacial score (nSPS) is 12.2. The van der Waals surface area contributed by atoms with Crippen molar-refractivity contribution in [2.45, 2.75) is 19.4 Å². The second-order valence-corrected chi connectivity index (χ2v) is 4.09. The van der Waals surface area contributed by atoms with Crippen LogP contribution >= 0.6 is 0 Å². The molecule has 0 aliphatic heterocycles. The summed E-state index contributed by atoms with van der Waals surface area (Å²) in [4.78, 5) is 0. The fourth-order valence-electron chi connectivity index (χ4n) is 1.75. The molecule has 0 radical (unpaired) electrons. The third kappa shape index (κ3) is 2.68. The van der Waals surface area contributed by atoms with Gasteiger partial charge in [0.25, 0.3) is 0 Å². The summed E-state index contributed by atoms with van der Waals surface area (Å²) in [5, 5.41) is 0. The molecule has 0 spiro atoms. The van der Waals surface area contributed by atoms with Gasteiger partial charge in [-0.25, -0.2) is 4.39 Å². The van der Waals surface area contributed by atoms with E-state index in [1.54, 1.807) is 24.3 Å². The van der Waals surface area contributed by atoms with E-state index in [2.05, 4.69) is 0 Å². The van der Waals surface area contributed by atoms with Crippen molar-refractivity contribution in [1.82, 2.24) is 0 Å². The van der Waals surface area contributed by atoms with Gasteiger partial charge in [-0.05, 0) is 24.6 Å². The smallest absolute Gasteiger partial charge is 0.165 e. The van der Waals surface area contributed by atoms with Crippen LogP contribution in [0.5, 0.6) is 11.5 Å². The Morgan fingerprint density at radius 2 is 1.67 bits per heavy atom. The van der Waals surface area contributed by atoms with Gasteiger partial charge in [-0.15, -0.1) is 0 Å². The fourth-order valence-corrected chi connectivity index (χ4v) is 1.75. The Hall–Kier alpha value is -1.87. The summed E-state index contributed by atoms with van der Waals surface area (Å²) in [6.07, 6.45) is 0.803. The van der Waals surface area contributed by atoms with Crippen LogP contribution in [0.2, 0.25) is 0 Å². The lowest BCUT2D eigenvalue weighted by Crippen LogP contribution is -2.09. The van der Waals surface area contributed by atoms with Crippen LogP contribution in [0.4, 0.5) is 4.39 Å². The third-order valence-corrected chi connectivity index (χ3v) is 2.81. The van der Waals surface area contributed by atoms with Crippen LogP contribution in [-0.4, -0.2) is 0 Å². The van der Waals surface area contributed by atoms with Gasteiger partial charge in [-0.2, -0.15) is 0 Å². The monoisotopic (exact) mass is 245 g/mol. The van der Waals surface area contributed by atoms with E-state index in [-0.39, 0.29) is 17.6 Å². The van der Waals surface area contributed by atoms with Crippen molar-refractivity contribution in [3.63, 3.8) is 0 Å². The van der Waals surface area contributed by atoms with E-state index in [9.17, 15) is 4.39 Å². The first-order chi connectivity index (χ1) is 8.72. The van der Waals surface area contributed by atoms with Crippen LogP contribution in [0.1, 0.15) is 24.9 Å². The third-order valence-electron chi connectivity index (χ3n) is 2.81. The van der Waals surface area contributed by atoms with E-state index in [1.807, 2.05) is 25.1 Å². The first kappa shape index (κ1) is 12.6. The number of para-hydroxylation sites is 2. The second kappa shape index (κ2) is 5.65. The predicted molar refractivity (Wildman–Crippen MR) is 70.1 cm³/mol. The zero-order valence-electron chi connectivity index (χ0n) is 10.3. The first-order valence-corrected chi connectivity index (χ1v) is 5.99. The molecule has 2 nitrogen and oxygen atoms in total. The standard InChI is InChI=1S/C15H16FNO/c1-2-13(17)11-7-3-5-9-14(11)18-15-10-6-4-8-12(15)16/h3-10,13H,2,17H2,1H3. The van der Waals surface area contributed by atoms with Gasteiger partial charge in [0.15, 0.2) is 11.6 Å². The van der Waals surface area contributed by atoms with Crippen molar-refractivity contribution in [1.29, 1.82) is 0 Å². The SMILES string of the molecule is CCC(N)c1ccccc1Oc1ccccc1F. The Morgan fingerprint density at radius 1 is 1.06 bits per heavy atom. The molecule has 0 aromatic heterocycles. The summed E-state index contributed by atoms with van der Waals surface area (Å²) < 4.78 is 19.1. The Labute approximate surface area is 106 Å². The molecule has 94 valence electrons. The topological polar surface area (TPSA) is 35.2 Å². The maximum absolute atomic E-state index is 13.5.